The topological polar surface area (TPSA) is 180 Å². The van der Waals surface area contributed by atoms with Crippen molar-refractivity contribution in [2.24, 2.45) is 0 Å². The number of piperidine rings is 2. The molecule has 0 amide bonds. The second-order valence-electron chi connectivity index (χ2n) is 15.1. The van der Waals surface area contributed by atoms with E-state index in [4.69, 9.17) is 15.2 Å². The molecule has 0 saturated carbocycles. The van der Waals surface area contributed by atoms with E-state index in [0.29, 0.717) is 41.8 Å². The van der Waals surface area contributed by atoms with Crippen LogP contribution in [-0.4, -0.2) is 113 Å². The number of methoxy groups -OCH3 is 2. The number of nitrogen functional groups attached to an aromatic ring is 1. The number of fused-ring (bicyclic) bond motifs is 1. The fourth-order valence-electron chi connectivity index (χ4n) is 7.33. The largest absolute Gasteiger partial charge is 0.497 e. The Bertz CT molecular complexity index is 2430. The predicted molar refractivity (Wildman–Crippen MR) is 228 cm³/mol. The Morgan fingerprint density at radius 3 is 1.97 bits per heavy atom. The van der Waals surface area contributed by atoms with Crippen LogP contribution in [-0.2, 0) is 6.42 Å². The Hall–Kier alpha value is -6.59. The average Bonchev–Trinajstić information content (AvgIpc) is 4.04. The summed E-state index contributed by atoms with van der Waals surface area (Å²) in [6.07, 6.45) is 18.1. The van der Waals surface area contributed by atoms with Crippen LogP contribution >= 0.6 is 0 Å². The van der Waals surface area contributed by atoms with E-state index in [1.54, 1.807) is 32.9 Å². The lowest BCUT2D eigenvalue weighted by Gasteiger charge is -2.28. The van der Waals surface area contributed by atoms with Crippen LogP contribution in [0.1, 0.15) is 49.2 Å². The molecule has 2 fully saturated rings. The Morgan fingerprint density at radius 1 is 0.678 bits per heavy atom. The summed E-state index contributed by atoms with van der Waals surface area (Å²) < 4.78 is 16.5. The molecule has 9 rings (SSSR count). The number of hydrogen-bond acceptors (Lipinski definition) is 14. The number of rotatable bonds is 11. The van der Waals surface area contributed by atoms with Crippen LogP contribution in [0.4, 0.5) is 28.8 Å². The first-order chi connectivity index (χ1) is 28.8. The summed E-state index contributed by atoms with van der Waals surface area (Å²) in [5.74, 6) is 3.43. The monoisotopic (exact) mass is 797 g/mol. The third kappa shape index (κ3) is 9.59. The number of ether oxygens (including phenoxy) is 2. The number of aromatic nitrogens is 10. The van der Waals surface area contributed by atoms with Crippen LogP contribution < -0.4 is 25.8 Å². The molecule has 0 unspecified atom stereocenters. The number of hydrogen-bond donors (Lipinski definition) is 3. The second kappa shape index (κ2) is 17.9. The molecule has 17 nitrogen and oxygen atoms in total. The smallest absolute Gasteiger partial charge is 0.229 e. The molecule has 2 aliphatic heterocycles. The molecule has 4 N–H and O–H groups in total. The van der Waals surface area contributed by atoms with Crippen LogP contribution in [0.2, 0.25) is 0 Å². The van der Waals surface area contributed by atoms with E-state index in [1.165, 1.54) is 0 Å². The van der Waals surface area contributed by atoms with Crippen molar-refractivity contribution < 1.29 is 9.47 Å². The molecule has 2 aromatic carbocycles. The summed E-state index contributed by atoms with van der Waals surface area (Å²) in [6, 6.07) is 16.3. The van der Waals surface area contributed by atoms with Gasteiger partial charge in [-0.1, -0.05) is 0 Å². The quantitative estimate of drug-likeness (QED) is 0.141. The van der Waals surface area contributed by atoms with Gasteiger partial charge in [0.25, 0.3) is 0 Å². The van der Waals surface area contributed by atoms with Crippen LogP contribution in [0.5, 0.6) is 11.5 Å². The van der Waals surface area contributed by atoms with E-state index >= 15 is 0 Å². The average molecular weight is 798 g/mol. The number of imidazole rings is 1. The van der Waals surface area contributed by atoms with Gasteiger partial charge in [0.2, 0.25) is 5.95 Å². The minimum atomic E-state index is 0.441. The molecule has 2 saturated heterocycles. The molecular weight excluding hydrogens is 747 g/mol. The highest BCUT2D eigenvalue weighted by molar-refractivity contribution is 5.74. The van der Waals surface area contributed by atoms with Gasteiger partial charge in [-0.15, -0.1) is 0 Å². The van der Waals surface area contributed by atoms with E-state index in [2.05, 4.69) is 85.2 Å². The third-order valence-corrected chi connectivity index (χ3v) is 10.9. The van der Waals surface area contributed by atoms with Crippen molar-refractivity contribution in [1.29, 1.82) is 0 Å². The molecule has 0 bridgehead atoms. The molecule has 2 aliphatic rings. The molecule has 59 heavy (non-hydrogen) atoms. The van der Waals surface area contributed by atoms with Crippen molar-refractivity contribution in [1.82, 2.24) is 58.8 Å². The molecule has 0 atom stereocenters. The predicted octanol–water partition coefficient (Wildman–Crippen LogP) is 5.90. The summed E-state index contributed by atoms with van der Waals surface area (Å²) in [4.78, 5) is 27.2. The molecule has 5 aromatic heterocycles. The lowest BCUT2D eigenvalue weighted by molar-refractivity contribution is 0.212. The van der Waals surface area contributed by atoms with Gasteiger partial charge in [0.15, 0.2) is 11.5 Å². The van der Waals surface area contributed by atoms with Crippen molar-refractivity contribution in [2.45, 2.75) is 44.2 Å². The number of benzene rings is 2. The van der Waals surface area contributed by atoms with Gasteiger partial charge in [0.1, 0.15) is 29.2 Å². The normalized spacial score (nSPS) is 15.5. The van der Waals surface area contributed by atoms with Crippen molar-refractivity contribution in [3.05, 3.63) is 103 Å². The zero-order valence-electron chi connectivity index (χ0n) is 33.9. The molecule has 17 heteroatoms. The first kappa shape index (κ1) is 39.2. The van der Waals surface area contributed by atoms with Gasteiger partial charge in [-0.3, -0.25) is 13.9 Å². The number of likely N-dealkylation sites (tertiary alicyclic amines) is 2. The summed E-state index contributed by atoms with van der Waals surface area (Å²) in [5.41, 5.74) is 11.9. The third-order valence-electron chi connectivity index (χ3n) is 10.9. The maximum Gasteiger partial charge on any atom is 0.229 e. The van der Waals surface area contributed by atoms with E-state index in [1.807, 2.05) is 71.7 Å². The molecule has 0 aliphatic carbocycles. The van der Waals surface area contributed by atoms with Crippen molar-refractivity contribution >= 4 is 40.0 Å². The Kier molecular flexibility index (Phi) is 11.9. The van der Waals surface area contributed by atoms with Crippen LogP contribution in [0.3, 0.4) is 0 Å². The zero-order chi connectivity index (χ0) is 40.7. The zero-order valence-corrected chi connectivity index (χ0v) is 33.9. The highest BCUT2D eigenvalue weighted by Crippen LogP contribution is 2.26. The molecule has 7 aromatic rings. The Labute approximate surface area is 343 Å². The number of nitrogens with two attached hydrogens (primary N) is 1. The van der Waals surface area contributed by atoms with E-state index in [-0.39, 0.29) is 0 Å². The van der Waals surface area contributed by atoms with Crippen molar-refractivity contribution in [3.63, 3.8) is 0 Å². The van der Waals surface area contributed by atoms with Gasteiger partial charge >= 0.3 is 0 Å². The fourth-order valence-corrected chi connectivity index (χ4v) is 7.33. The highest BCUT2D eigenvalue weighted by atomic mass is 16.5. The summed E-state index contributed by atoms with van der Waals surface area (Å²) >= 11 is 0. The SMILES string of the molecule is COc1ccc(-n2cnc3cnc(Nc4cnn(C5CCN(C)CC5)c4)nc32)cc1.COc1ccc(Nc2nc(Cc3cnn(C4CCN(C)CC4)c3)ncc2N)cc1. The van der Waals surface area contributed by atoms with Crippen LogP contribution in [0.15, 0.2) is 92.0 Å². The first-order valence-corrected chi connectivity index (χ1v) is 19.9. The standard InChI is InChI=1S/C21H24N8O.C21H27N7O/c1-27-9-7-17(8-10-27)29-13-15(11-24-29)25-21-22-12-19-20(26-21)28(14-23-19)16-3-5-18(30-2)6-4-16;1-27-9-7-17(8-10-27)28-14-15(12-24-28)11-20-23-13-19(22)21(26-20)25-16-3-5-18(29-2)6-4-16/h3-6,11-14,17H,7-10H2,1-2H3,(H,22,25,26);3-6,12-14,17H,7-11,22H2,1-2H3,(H,23,25,26). The maximum absolute atomic E-state index is 6.07. The van der Waals surface area contributed by atoms with E-state index < -0.39 is 0 Å². The molecule has 0 radical (unpaired) electrons. The molecule has 7 heterocycles. The number of nitrogens with zero attached hydrogens (tertiary/aromatic N) is 12. The van der Waals surface area contributed by atoms with Gasteiger partial charge in [-0.25, -0.2) is 19.9 Å². The first-order valence-electron chi connectivity index (χ1n) is 19.9. The van der Waals surface area contributed by atoms with Gasteiger partial charge in [0.05, 0.1) is 62.5 Å². The summed E-state index contributed by atoms with van der Waals surface area (Å²) in [6.45, 7) is 4.42. The highest BCUT2D eigenvalue weighted by Gasteiger charge is 2.21. The maximum atomic E-state index is 6.07. The van der Waals surface area contributed by atoms with Crippen LogP contribution in [0, 0.1) is 0 Å². The van der Waals surface area contributed by atoms with E-state index in [9.17, 15) is 0 Å². The summed E-state index contributed by atoms with van der Waals surface area (Å²) in [5, 5.41) is 15.6. The van der Waals surface area contributed by atoms with Crippen molar-refractivity contribution in [2.75, 3.05) is 70.9 Å². The van der Waals surface area contributed by atoms with Gasteiger partial charge in [-0.05, 0) is 120 Å². The van der Waals surface area contributed by atoms with Crippen molar-refractivity contribution in [3.8, 4) is 17.2 Å². The molecular formula is C42H51N15O2. The van der Waals surface area contributed by atoms with Gasteiger partial charge in [0, 0.05) is 30.2 Å². The molecule has 0 spiro atoms. The minimum absolute atomic E-state index is 0.441. The lowest BCUT2D eigenvalue weighted by atomic mass is 10.1. The minimum Gasteiger partial charge on any atom is -0.497 e. The number of nitrogens with one attached hydrogen (secondary N) is 2. The van der Waals surface area contributed by atoms with Gasteiger partial charge in [-0.2, -0.15) is 15.2 Å². The lowest BCUT2D eigenvalue weighted by Crippen LogP contribution is -2.31. The fraction of sp³-hybridized carbons (Fsp3) is 0.357. The Balaban J connectivity index is 0.000000164. The number of anilines is 5. The van der Waals surface area contributed by atoms with Gasteiger partial charge < -0.3 is 35.6 Å². The van der Waals surface area contributed by atoms with Crippen LogP contribution in [0.25, 0.3) is 16.9 Å². The van der Waals surface area contributed by atoms with E-state index in [0.717, 1.165) is 97.2 Å². The molecule has 306 valence electrons. The Morgan fingerprint density at radius 2 is 1.31 bits per heavy atom. The summed E-state index contributed by atoms with van der Waals surface area (Å²) in [7, 11) is 7.63. The second-order valence-corrected chi connectivity index (χ2v) is 15.1.